The van der Waals surface area contributed by atoms with E-state index >= 15 is 0 Å². The Morgan fingerprint density at radius 2 is 1.14 bits per heavy atom. The van der Waals surface area contributed by atoms with Gasteiger partial charge in [0.15, 0.2) is 0 Å². The Bertz CT molecular complexity index is 886. The van der Waals surface area contributed by atoms with Gasteiger partial charge in [0.05, 0.1) is 36.4 Å². The molecule has 43 heavy (non-hydrogen) atoms. The van der Waals surface area contributed by atoms with Gasteiger partial charge in [-0.05, 0) is 118 Å². The zero-order valence-corrected chi connectivity index (χ0v) is 31.0. The molecular weight excluding hydrogens is 557 g/mol. The summed E-state index contributed by atoms with van der Waals surface area (Å²) >= 11 is 0. The second-order valence-electron chi connectivity index (χ2n) is 11.1. The Kier molecular flexibility index (Phi) is 28.1. The van der Waals surface area contributed by atoms with Crippen molar-refractivity contribution in [1.29, 1.82) is 0 Å². The minimum absolute atomic E-state index is 0.453. The molecule has 250 valence electrons. The highest BCUT2D eigenvalue weighted by molar-refractivity contribution is 7.10. The molecule has 0 aliphatic heterocycles. The van der Waals surface area contributed by atoms with Crippen LogP contribution in [0.1, 0.15) is 89.0 Å². The molecule has 0 heterocycles. The van der Waals surface area contributed by atoms with Gasteiger partial charge in [-0.2, -0.15) is 0 Å². The van der Waals surface area contributed by atoms with Crippen molar-refractivity contribution in [3.8, 4) is 11.5 Å². The lowest BCUT2D eigenvalue weighted by molar-refractivity contribution is 0.0691. The van der Waals surface area contributed by atoms with Gasteiger partial charge in [-0.3, -0.25) is 0 Å². The first-order chi connectivity index (χ1) is 20.6. The first-order valence-corrected chi connectivity index (χ1v) is 16.3. The number of methoxy groups -OCH3 is 4. The average molecular weight is 624 g/mol. The van der Waals surface area contributed by atoms with Crippen LogP contribution in [0.2, 0.25) is 0 Å². The molecule has 6 nitrogen and oxygen atoms in total. The standard InChI is InChI=1S/C9H21NO.C9H13O2P.C9H12O.C9H20O/c1-4-6-10(7-5-2)8-9-11-3;1-7-3-8(6-10-2)5-9(4-7)11-12;1-7-4-8(2)6-9(5-7)10-3;1-5-9(6-2,7-3)8-10-4/h4-9H2,1-3H3;3-5H,6,12H2,1-2H3;4-6H,1-3H3;5-8H2,1-4H3. The topological polar surface area (TPSA) is 49.4 Å². The highest BCUT2D eigenvalue weighted by Gasteiger charge is 2.22. The van der Waals surface area contributed by atoms with Crippen LogP contribution >= 0.6 is 9.47 Å². The van der Waals surface area contributed by atoms with Gasteiger partial charge in [-0.15, -0.1) is 0 Å². The molecule has 0 aliphatic rings. The van der Waals surface area contributed by atoms with Crippen molar-refractivity contribution in [2.45, 2.75) is 94.1 Å². The molecule has 0 aromatic heterocycles. The van der Waals surface area contributed by atoms with Crippen LogP contribution in [0.3, 0.4) is 0 Å². The number of aryl methyl sites for hydroxylation is 3. The van der Waals surface area contributed by atoms with Crippen molar-refractivity contribution in [2.75, 3.05) is 61.3 Å². The SMILES string of the molecule is CCC(CC)(CC)COC.CCCN(CCC)CCOC.COCc1cc(C)cc(OP)c1.COc1cc(C)cc(C)c1. The molecule has 2 aromatic carbocycles. The quantitative estimate of drug-likeness (QED) is 0.174. The number of benzene rings is 2. The summed E-state index contributed by atoms with van der Waals surface area (Å²) in [7, 11) is 9.15. The van der Waals surface area contributed by atoms with Gasteiger partial charge in [0.2, 0.25) is 0 Å². The molecule has 1 unspecified atom stereocenters. The normalized spacial score (nSPS) is 10.6. The van der Waals surface area contributed by atoms with E-state index in [1.54, 1.807) is 28.4 Å². The predicted molar refractivity (Wildman–Crippen MR) is 189 cm³/mol. The van der Waals surface area contributed by atoms with Crippen molar-refractivity contribution in [2.24, 2.45) is 5.41 Å². The predicted octanol–water partition coefficient (Wildman–Crippen LogP) is 9.23. The van der Waals surface area contributed by atoms with Gasteiger partial charge in [-0.1, -0.05) is 46.8 Å². The molecule has 0 saturated carbocycles. The second-order valence-corrected chi connectivity index (χ2v) is 11.3. The summed E-state index contributed by atoms with van der Waals surface area (Å²) in [6, 6.07) is 12.2. The highest BCUT2D eigenvalue weighted by atomic mass is 31.0. The van der Waals surface area contributed by atoms with Crippen LogP contribution in [0.4, 0.5) is 0 Å². The number of hydrogen-bond donors (Lipinski definition) is 0. The van der Waals surface area contributed by atoms with Gasteiger partial charge in [0.1, 0.15) is 11.5 Å². The largest absolute Gasteiger partial charge is 0.497 e. The number of rotatable bonds is 16. The van der Waals surface area contributed by atoms with E-state index in [0.29, 0.717) is 12.0 Å². The number of nitrogens with zero attached hydrogens (tertiary/aromatic N) is 1. The van der Waals surface area contributed by atoms with E-state index in [1.165, 1.54) is 61.9 Å². The third kappa shape index (κ3) is 21.6. The minimum atomic E-state index is 0.453. The molecule has 0 fully saturated rings. The molecule has 0 spiro atoms. The van der Waals surface area contributed by atoms with Crippen molar-refractivity contribution < 1.29 is 23.5 Å². The van der Waals surface area contributed by atoms with Crippen molar-refractivity contribution in [3.63, 3.8) is 0 Å². The maximum atomic E-state index is 5.18. The van der Waals surface area contributed by atoms with Gasteiger partial charge >= 0.3 is 0 Å². The fraction of sp³-hybridized carbons (Fsp3) is 0.667. The van der Waals surface area contributed by atoms with Gasteiger partial charge in [0, 0.05) is 27.9 Å². The lowest BCUT2D eigenvalue weighted by atomic mass is 9.81. The zero-order valence-electron chi connectivity index (χ0n) is 29.8. The zero-order chi connectivity index (χ0) is 33.1. The third-order valence-corrected chi connectivity index (χ3v) is 7.65. The van der Waals surface area contributed by atoms with E-state index in [9.17, 15) is 0 Å². The molecule has 0 radical (unpaired) electrons. The van der Waals surface area contributed by atoms with Gasteiger partial charge in [-0.25, -0.2) is 0 Å². The smallest absolute Gasteiger partial charge is 0.123 e. The maximum Gasteiger partial charge on any atom is 0.123 e. The lowest BCUT2D eigenvalue weighted by Gasteiger charge is -2.29. The third-order valence-electron chi connectivity index (χ3n) is 7.38. The summed E-state index contributed by atoms with van der Waals surface area (Å²) in [5.41, 5.74) is 5.26. The van der Waals surface area contributed by atoms with Crippen LogP contribution in [0.25, 0.3) is 0 Å². The maximum absolute atomic E-state index is 5.18. The molecule has 0 amide bonds. The molecule has 7 heteroatoms. The molecule has 0 N–H and O–H groups in total. The summed E-state index contributed by atoms with van der Waals surface area (Å²) < 4.78 is 25.3. The molecule has 0 bridgehead atoms. The van der Waals surface area contributed by atoms with Gasteiger partial charge < -0.3 is 28.4 Å². The Morgan fingerprint density at radius 3 is 1.51 bits per heavy atom. The van der Waals surface area contributed by atoms with Crippen LogP contribution in [0, 0.1) is 26.2 Å². The Labute approximate surface area is 268 Å². The molecule has 0 saturated heterocycles. The fourth-order valence-electron chi connectivity index (χ4n) is 4.74. The van der Waals surface area contributed by atoms with E-state index in [-0.39, 0.29) is 0 Å². The Morgan fingerprint density at radius 1 is 0.628 bits per heavy atom. The van der Waals surface area contributed by atoms with Crippen LogP contribution < -0.4 is 9.26 Å². The average Bonchev–Trinajstić information content (AvgIpc) is 2.99. The highest BCUT2D eigenvalue weighted by Crippen LogP contribution is 2.30. The van der Waals surface area contributed by atoms with E-state index < -0.39 is 0 Å². The molecule has 2 aromatic rings. The summed E-state index contributed by atoms with van der Waals surface area (Å²) in [5.74, 6) is 1.80. The lowest BCUT2D eigenvalue weighted by Crippen LogP contribution is -2.28. The monoisotopic (exact) mass is 623 g/mol. The van der Waals surface area contributed by atoms with Crippen molar-refractivity contribution >= 4 is 9.47 Å². The molecule has 2 rings (SSSR count). The first-order valence-electron chi connectivity index (χ1n) is 15.9. The minimum Gasteiger partial charge on any atom is -0.497 e. The van der Waals surface area contributed by atoms with Crippen LogP contribution in [0.5, 0.6) is 11.5 Å². The van der Waals surface area contributed by atoms with E-state index in [0.717, 1.165) is 36.8 Å². The Balaban J connectivity index is 0. The van der Waals surface area contributed by atoms with E-state index in [1.807, 2.05) is 31.2 Å². The second kappa shape index (κ2) is 27.8. The molecule has 0 aliphatic carbocycles. The summed E-state index contributed by atoms with van der Waals surface area (Å²) in [6.07, 6.45) is 6.17. The van der Waals surface area contributed by atoms with E-state index in [2.05, 4.69) is 75.0 Å². The summed E-state index contributed by atoms with van der Waals surface area (Å²) in [5, 5.41) is 0. The summed E-state index contributed by atoms with van der Waals surface area (Å²) in [6.45, 7) is 23.2. The molecule has 1 atom stereocenters. The number of ether oxygens (including phenoxy) is 4. The Hall–Kier alpha value is -1.69. The number of hydrogen-bond acceptors (Lipinski definition) is 6. The van der Waals surface area contributed by atoms with Crippen LogP contribution in [-0.2, 0) is 20.8 Å². The molecular formula is C36H66NO5P. The first kappa shape index (κ1) is 43.4. The van der Waals surface area contributed by atoms with Crippen molar-refractivity contribution in [3.05, 3.63) is 58.7 Å². The van der Waals surface area contributed by atoms with Gasteiger partial charge in [0.25, 0.3) is 0 Å². The van der Waals surface area contributed by atoms with Crippen LogP contribution in [-0.4, -0.2) is 66.2 Å². The summed E-state index contributed by atoms with van der Waals surface area (Å²) in [4.78, 5) is 2.45. The van der Waals surface area contributed by atoms with Crippen molar-refractivity contribution in [1.82, 2.24) is 4.90 Å². The van der Waals surface area contributed by atoms with E-state index in [4.69, 9.17) is 23.5 Å². The fourth-order valence-corrected chi connectivity index (χ4v) is 4.88. The van der Waals surface area contributed by atoms with Crippen LogP contribution in [0.15, 0.2) is 36.4 Å².